The molecule has 0 heterocycles. The first kappa shape index (κ1) is 26.1. The van der Waals surface area contributed by atoms with Crippen LogP contribution in [0.1, 0.15) is 72.6 Å². The van der Waals surface area contributed by atoms with Crippen LogP contribution in [-0.2, 0) is 9.59 Å². The molecule has 2 unspecified atom stereocenters. The number of hydrogen-bond donors (Lipinski definition) is 3. The summed E-state index contributed by atoms with van der Waals surface area (Å²) in [5, 5.41) is 21.3. The SMILES string of the molecule is C=C(CCC(=O)O)NC1(C(=O)O)CC1SC/C=C(\C)CC/C=C(\C)CCC=C(C)C. The fourth-order valence-corrected chi connectivity index (χ4v) is 4.56. The molecule has 0 aliphatic heterocycles. The van der Waals surface area contributed by atoms with Crippen LogP contribution in [0.4, 0.5) is 0 Å². The highest BCUT2D eigenvalue weighted by molar-refractivity contribution is 8.00. The van der Waals surface area contributed by atoms with E-state index in [0.717, 1.165) is 31.4 Å². The third-order valence-corrected chi connectivity index (χ3v) is 6.50. The van der Waals surface area contributed by atoms with Gasteiger partial charge in [-0.1, -0.05) is 41.5 Å². The third kappa shape index (κ3) is 9.70. The second-order valence-electron chi connectivity index (χ2n) is 8.38. The Kier molecular flexibility index (Phi) is 11.0. The van der Waals surface area contributed by atoms with Crippen LogP contribution in [-0.4, -0.2) is 38.7 Å². The van der Waals surface area contributed by atoms with Crippen molar-refractivity contribution in [2.45, 2.75) is 83.4 Å². The summed E-state index contributed by atoms with van der Waals surface area (Å²) in [6.07, 6.45) is 11.7. The number of thioether (sulfide) groups is 1. The Morgan fingerprint density at radius 1 is 1.00 bits per heavy atom. The minimum absolute atomic E-state index is 0.0298. The van der Waals surface area contributed by atoms with Gasteiger partial charge in [0.2, 0.25) is 0 Å². The second-order valence-corrected chi connectivity index (χ2v) is 9.62. The monoisotopic (exact) mass is 435 g/mol. The standard InChI is InChI=1S/C24H37NO4S/c1-17(2)8-6-9-18(3)10-7-11-19(4)14-15-30-21-16-24(21,23(28)29)25-20(5)12-13-22(26)27/h8,10,14,21,25H,5-7,9,11-13,15-16H2,1-4H3,(H,26,27)(H,28,29)/b18-10+,19-14+. The van der Waals surface area contributed by atoms with E-state index < -0.39 is 17.5 Å². The zero-order chi connectivity index (χ0) is 22.7. The van der Waals surface area contributed by atoms with E-state index in [-0.39, 0.29) is 18.1 Å². The van der Waals surface area contributed by atoms with Gasteiger partial charge in [0, 0.05) is 16.7 Å². The molecule has 1 aliphatic carbocycles. The number of hydrogen-bond acceptors (Lipinski definition) is 4. The van der Waals surface area contributed by atoms with E-state index in [9.17, 15) is 14.7 Å². The van der Waals surface area contributed by atoms with Crippen LogP contribution in [0, 0.1) is 0 Å². The molecule has 0 aromatic carbocycles. The minimum atomic E-state index is -1.01. The zero-order valence-corrected chi connectivity index (χ0v) is 19.6. The second kappa shape index (κ2) is 12.7. The van der Waals surface area contributed by atoms with Crippen molar-refractivity contribution in [2.24, 2.45) is 0 Å². The summed E-state index contributed by atoms with van der Waals surface area (Å²) in [5.74, 6) is -1.04. The van der Waals surface area contributed by atoms with Gasteiger partial charge in [-0.05, 0) is 66.2 Å². The summed E-state index contributed by atoms with van der Waals surface area (Å²) in [4.78, 5) is 22.4. The predicted molar refractivity (Wildman–Crippen MR) is 126 cm³/mol. The quantitative estimate of drug-likeness (QED) is 0.286. The number of aliphatic carboxylic acids is 2. The fraction of sp³-hybridized carbons (Fsp3) is 0.583. The molecule has 0 radical (unpaired) electrons. The molecular formula is C24H37NO4S. The molecule has 0 amide bonds. The van der Waals surface area contributed by atoms with E-state index in [1.54, 1.807) is 11.8 Å². The van der Waals surface area contributed by atoms with Crippen LogP contribution in [0.25, 0.3) is 0 Å². The lowest BCUT2D eigenvalue weighted by molar-refractivity contribution is -0.140. The van der Waals surface area contributed by atoms with Gasteiger partial charge in [-0.2, -0.15) is 11.8 Å². The first-order chi connectivity index (χ1) is 14.1. The van der Waals surface area contributed by atoms with E-state index in [1.165, 1.54) is 16.7 Å². The highest BCUT2D eigenvalue weighted by Crippen LogP contribution is 2.47. The summed E-state index contributed by atoms with van der Waals surface area (Å²) in [6.45, 7) is 12.3. The molecule has 0 spiro atoms. The average molecular weight is 436 g/mol. The first-order valence-electron chi connectivity index (χ1n) is 10.5. The van der Waals surface area contributed by atoms with Crippen molar-refractivity contribution in [3.8, 4) is 0 Å². The maximum atomic E-state index is 11.7. The smallest absolute Gasteiger partial charge is 0.330 e. The summed E-state index contributed by atoms with van der Waals surface area (Å²) in [7, 11) is 0. The van der Waals surface area contributed by atoms with Crippen molar-refractivity contribution in [1.29, 1.82) is 0 Å². The Hall–Kier alpha value is -1.95. The highest BCUT2D eigenvalue weighted by Gasteiger charge is 2.61. The number of allylic oxidation sites excluding steroid dienone is 6. The number of nitrogens with one attached hydrogen (secondary N) is 1. The normalized spacial score (nSPS) is 21.1. The molecule has 1 aliphatic rings. The summed E-state index contributed by atoms with van der Waals surface area (Å²) >= 11 is 1.63. The lowest BCUT2D eigenvalue weighted by Crippen LogP contribution is -2.41. The topological polar surface area (TPSA) is 86.6 Å². The van der Waals surface area contributed by atoms with Gasteiger partial charge >= 0.3 is 11.9 Å². The Labute approximate surface area is 185 Å². The van der Waals surface area contributed by atoms with Gasteiger partial charge in [-0.15, -0.1) is 0 Å². The van der Waals surface area contributed by atoms with Crippen molar-refractivity contribution in [2.75, 3.05) is 5.75 Å². The first-order valence-corrected chi connectivity index (χ1v) is 11.6. The molecule has 1 fully saturated rings. The molecular weight excluding hydrogens is 398 g/mol. The molecule has 168 valence electrons. The Morgan fingerprint density at radius 2 is 1.60 bits per heavy atom. The van der Waals surface area contributed by atoms with Gasteiger partial charge in [0.1, 0.15) is 5.54 Å². The van der Waals surface area contributed by atoms with Gasteiger partial charge in [-0.3, -0.25) is 4.79 Å². The number of rotatable bonds is 15. The maximum absolute atomic E-state index is 11.7. The third-order valence-electron chi connectivity index (χ3n) is 5.17. The van der Waals surface area contributed by atoms with Crippen molar-refractivity contribution < 1.29 is 19.8 Å². The van der Waals surface area contributed by atoms with Crippen molar-refractivity contribution in [1.82, 2.24) is 5.32 Å². The van der Waals surface area contributed by atoms with Crippen LogP contribution in [0.2, 0.25) is 0 Å². The van der Waals surface area contributed by atoms with E-state index in [4.69, 9.17) is 5.11 Å². The Balaban J connectivity index is 2.38. The van der Waals surface area contributed by atoms with Gasteiger partial charge in [0.25, 0.3) is 0 Å². The van der Waals surface area contributed by atoms with Gasteiger partial charge in [0.15, 0.2) is 0 Å². The lowest BCUT2D eigenvalue weighted by Gasteiger charge is -2.17. The minimum Gasteiger partial charge on any atom is -0.481 e. The molecule has 6 heteroatoms. The van der Waals surface area contributed by atoms with Crippen LogP contribution < -0.4 is 5.32 Å². The van der Waals surface area contributed by atoms with Gasteiger partial charge in [-0.25, -0.2) is 4.79 Å². The van der Waals surface area contributed by atoms with Crippen molar-refractivity contribution >= 4 is 23.7 Å². The van der Waals surface area contributed by atoms with E-state index in [2.05, 4.69) is 57.8 Å². The lowest BCUT2D eigenvalue weighted by atomic mass is 10.1. The van der Waals surface area contributed by atoms with E-state index in [1.807, 2.05) is 0 Å². The highest BCUT2D eigenvalue weighted by atomic mass is 32.2. The summed E-state index contributed by atoms with van der Waals surface area (Å²) < 4.78 is 0. The predicted octanol–water partition coefficient (Wildman–Crippen LogP) is 5.70. The molecule has 0 saturated heterocycles. The van der Waals surface area contributed by atoms with Gasteiger partial charge < -0.3 is 15.5 Å². The molecule has 2 atom stereocenters. The number of carboxylic acids is 2. The van der Waals surface area contributed by atoms with Crippen LogP contribution in [0.3, 0.4) is 0 Å². The molecule has 5 nitrogen and oxygen atoms in total. The van der Waals surface area contributed by atoms with Crippen LogP contribution in [0.5, 0.6) is 0 Å². The molecule has 3 N–H and O–H groups in total. The largest absolute Gasteiger partial charge is 0.481 e. The number of carbonyl (C=O) groups is 2. The fourth-order valence-electron chi connectivity index (χ4n) is 3.13. The molecule has 0 aromatic rings. The molecule has 0 bridgehead atoms. The molecule has 30 heavy (non-hydrogen) atoms. The molecule has 0 aromatic heterocycles. The van der Waals surface area contributed by atoms with Crippen molar-refractivity contribution in [3.05, 3.63) is 47.2 Å². The Bertz CT molecular complexity index is 719. The van der Waals surface area contributed by atoms with Crippen molar-refractivity contribution in [3.63, 3.8) is 0 Å². The summed E-state index contributed by atoms with van der Waals surface area (Å²) in [6, 6.07) is 0. The van der Waals surface area contributed by atoms with Crippen LogP contribution >= 0.6 is 11.8 Å². The Morgan fingerprint density at radius 3 is 2.17 bits per heavy atom. The average Bonchev–Trinajstić information content (AvgIpc) is 3.33. The van der Waals surface area contributed by atoms with E-state index >= 15 is 0 Å². The number of carboxylic acid groups (broad SMARTS) is 2. The van der Waals surface area contributed by atoms with Gasteiger partial charge in [0.05, 0.1) is 6.42 Å². The van der Waals surface area contributed by atoms with Crippen LogP contribution in [0.15, 0.2) is 47.2 Å². The summed E-state index contributed by atoms with van der Waals surface area (Å²) in [5.41, 5.74) is 3.57. The molecule has 1 saturated carbocycles. The zero-order valence-electron chi connectivity index (χ0n) is 18.8. The molecule has 1 rings (SSSR count). The van der Waals surface area contributed by atoms with E-state index in [0.29, 0.717) is 12.1 Å². The maximum Gasteiger partial charge on any atom is 0.330 e.